The minimum atomic E-state index is -3.88. The number of methoxy groups -OCH3 is 1. The molecule has 1 atom stereocenters. The zero-order valence-electron chi connectivity index (χ0n) is 20.9. The largest absolute Gasteiger partial charge is 0.497 e. The lowest BCUT2D eigenvalue weighted by atomic mass is 10.1. The fourth-order valence-electron chi connectivity index (χ4n) is 4.51. The second kappa shape index (κ2) is 10.2. The van der Waals surface area contributed by atoms with Crippen molar-refractivity contribution in [1.82, 2.24) is 14.3 Å². The molecule has 5 rings (SSSR count). The predicted molar refractivity (Wildman–Crippen MR) is 144 cm³/mol. The van der Waals surface area contributed by atoms with Gasteiger partial charge < -0.3 is 4.74 Å². The fraction of sp³-hybridized carbons (Fsp3) is 0.296. The third kappa shape index (κ3) is 4.96. The van der Waals surface area contributed by atoms with Crippen LogP contribution in [0.3, 0.4) is 0 Å². The van der Waals surface area contributed by atoms with Gasteiger partial charge in [-0.1, -0.05) is 17.4 Å². The number of pyridine rings is 1. The van der Waals surface area contributed by atoms with Crippen LogP contribution in [0, 0.1) is 13.8 Å². The Bertz CT molecular complexity index is 1500. The molecule has 37 heavy (non-hydrogen) atoms. The molecule has 0 radical (unpaired) electrons. The Labute approximate surface area is 220 Å². The highest BCUT2D eigenvalue weighted by molar-refractivity contribution is 7.89. The Hall–Kier alpha value is -3.34. The predicted octanol–water partition coefficient (Wildman–Crippen LogP) is 4.70. The summed E-state index contributed by atoms with van der Waals surface area (Å²) in [6.07, 6.45) is 2.72. The highest BCUT2D eigenvalue weighted by Gasteiger charge is 2.42. The van der Waals surface area contributed by atoms with Gasteiger partial charge in [0.2, 0.25) is 15.9 Å². The van der Waals surface area contributed by atoms with Crippen molar-refractivity contribution in [3.8, 4) is 5.75 Å². The molecule has 2 aromatic carbocycles. The zero-order chi connectivity index (χ0) is 26.2. The van der Waals surface area contributed by atoms with Gasteiger partial charge in [-0.2, -0.15) is 4.31 Å². The Kier molecular flexibility index (Phi) is 6.98. The Morgan fingerprint density at radius 3 is 2.59 bits per heavy atom. The van der Waals surface area contributed by atoms with E-state index in [-0.39, 0.29) is 23.9 Å². The minimum Gasteiger partial charge on any atom is -0.497 e. The normalized spacial score (nSPS) is 16.2. The first-order valence-corrected chi connectivity index (χ1v) is 14.3. The summed E-state index contributed by atoms with van der Waals surface area (Å²) >= 11 is 1.43. The molecule has 0 saturated carbocycles. The van der Waals surface area contributed by atoms with Crippen LogP contribution < -0.4 is 9.64 Å². The standard InChI is InChI=1S/C27H28N4O4S2/c1-18-15-23-25(16-19(18)2)36-27(29-23)30(17-20-7-4-5-13-28-20)26(32)24-8-6-14-31(24)37(33,34)22-11-9-21(35-3)10-12-22/h4-5,7,9-13,15-16,24H,6,8,14,17H2,1-3H3. The lowest BCUT2D eigenvalue weighted by Crippen LogP contribution is -2.47. The monoisotopic (exact) mass is 536 g/mol. The number of carbonyl (C=O) groups excluding carboxylic acids is 1. The smallest absolute Gasteiger partial charge is 0.247 e. The molecule has 0 spiro atoms. The highest BCUT2D eigenvalue weighted by atomic mass is 32.2. The van der Waals surface area contributed by atoms with E-state index in [0.717, 1.165) is 21.3 Å². The number of rotatable bonds is 7. The average Bonchev–Trinajstić information content (AvgIpc) is 3.56. The van der Waals surface area contributed by atoms with Crippen LogP contribution in [0.25, 0.3) is 10.2 Å². The van der Waals surface area contributed by atoms with Gasteiger partial charge in [-0.05, 0) is 86.3 Å². The first-order chi connectivity index (χ1) is 17.8. The van der Waals surface area contributed by atoms with Crippen LogP contribution in [0.4, 0.5) is 5.13 Å². The lowest BCUT2D eigenvalue weighted by molar-refractivity contribution is -0.121. The van der Waals surface area contributed by atoms with E-state index >= 15 is 0 Å². The maximum absolute atomic E-state index is 14.1. The Balaban J connectivity index is 1.52. The summed E-state index contributed by atoms with van der Waals surface area (Å²) in [5.41, 5.74) is 3.79. The van der Waals surface area contributed by atoms with E-state index in [1.807, 2.05) is 38.1 Å². The maximum Gasteiger partial charge on any atom is 0.247 e. The van der Waals surface area contributed by atoms with Gasteiger partial charge in [0.25, 0.3) is 0 Å². The number of nitrogens with zero attached hydrogens (tertiary/aromatic N) is 4. The molecule has 8 nitrogen and oxygen atoms in total. The highest BCUT2D eigenvalue weighted by Crippen LogP contribution is 2.34. The summed E-state index contributed by atoms with van der Waals surface area (Å²) in [5.74, 6) is 0.267. The van der Waals surface area contributed by atoms with Gasteiger partial charge in [0.1, 0.15) is 11.8 Å². The van der Waals surface area contributed by atoms with Crippen LogP contribution in [-0.2, 0) is 21.4 Å². The maximum atomic E-state index is 14.1. The van der Waals surface area contributed by atoms with Gasteiger partial charge >= 0.3 is 0 Å². The van der Waals surface area contributed by atoms with Crippen LogP contribution in [-0.4, -0.2) is 48.3 Å². The summed E-state index contributed by atoms with van der Waals surface area (Å²) in [5, 5.41) is 0.532. The molecule has 10 heteroatoms. The molecule has 1 aliphatic rings. The van der Waals surface area contributed by atoms with Crippen LogP contribution in [0.1, 0.15) is 29.7 Å². The molecule has 0 aliphatic carbocycles. The van der Waals surface area contributed by atoms with E-state index in [4.69, 9.17) is 9.72 Å². The summed E-state index contributed by atoms with van der Waals surface area (Å²) in [7, 11) is -2.36. The number of anilines is 1. The Morgan fingerprint density at radius 2 is 1.89 bits per heavy atom. The van der Waals surface area contributed by atoms with Gasteiger partial charge in [-0.25, -0.2) is 13.4 Å². The molecular weight excluding hydrogens is 508 g/mol. The number of benzene rings is 2. The minimum absolute atomic E-state index is 0.134. The molecule has 1 unspecified atom stereocenters. The van der Waals surface area contributed by atoms with Gasteiger partial charge in [-0.15, -0.1) is 0 Å². The molecule has 0 N–H and O–H groups in total. The second-order valence-corrected chi connectivity index (χ2v) is 12.0. The van der Waals surface area contributed by atoms with E-state index < -0.39 is 16.1 Å². The number of aromatic nitrogens is 2. The molecule has 2 aromatic heterocycles. The Morgan fingerprint density at radius 1 is 1.14 bits per heavy atom. The van der Waals surface area contributed by atoms with Crippen LogP contribution in [0.5, 0.6) is 5.75 Å². The molecule has 192 valence electrons. The van der Waals surface area contributed by atoms with Gasteiger partial charge in [0, 0.05) is 12.7 Å². The van der Waals surface area contributed by atoms with Crippen molar-refractivity contribution in [3.05, 3.63) is 77.6 Å². The van der Waals surface area contributed by atoms with Crippen LogP contribution in [0.15, 0.2) is 65.7 Å². The molecule has 4 aromatic rings. The van der Waals surface area contributed by atoms with Crippen molar-refractivity contribution in [1.29, 1.82) is 0 Å². The number of ether oxygens (including phenoxy) is 1. The SMILES string of the molecule is COc1ccc(S(=O)(=O)N2CCCC2C(=O)N(Cc2ccccn2)c2nc3cc(C)c(C)cc3s2)cc1. The van der Waals surface area contributed by atoms with E-state index in [1.54, 1.807) is 23.2 Å². The van der Waals surface area contributed by atoms with Crippen molar-refractivity contribution >= 4 is 42.6 Å². The topological polar surface area (TPSA) is 92.7 Å². The quantitative estimate of drug-likeness (QED) is 0.340. The number of sulfonamides is 1. The van der Waals surface area contributed by atoms with Crippen LogP contribution >= 0.6 is 11.3 Å². The first kappa shape index (κ1) is 25.3. The zero-order valence-corrected chi connectivity index (χ0v) is 22.6. The summed E-state index contributed by atoms with van der Waals surface area (Å²) < 4.78 is 34.6. The number of carbonyl (C=O) groups is 1. The van der Waals surface area contributed by atoms with Crippen LogP contribution in [0.2, 0.25) is 0 Å². The van der Waals surface area contributed by atoms with Crippen molar-refractivity contribution in [3.63, 3.8) is 0 Å². The van der Waals surface area contributed by atoms with Crippen molar-refractivity contribution < 1.29 is 17.9 Å². The lowest BCUT2D eigenvalue weighted by Gasteiger charge is -2.28. The average molecular weight is 537 g/mol. The van der Waals surface area contributed by atoms with E-state index in [2.05, 4.69) is 11.1 Å². The number of amides is 1. The molecule has 1 saturated heterocycles. The van der Waals surface area contributed by atoms with Crippen molar-refractivity contribution in [2.24, 2.45) is 0 Å². The summed E-state index contributed by atoms with van der Waals surface area (Å²) in [6, 6.07) is 15.0. The van der Waals surface area contributed by atoms with E-state index in [9.17, 15) is 13.2 Å². The van der Waals surface area contributed by atoms with Gasteiger partial charge in [0.15, 0.2) is 5.13 Å². The van der Waals surface area contributed by atoms with Gasteiger partial charge in [0.05, 0.1) is 34.5 Å². The van der Waals surface area contributed by atoms with Crippen molar-refractivity contribution in [2.45, 2.75) is 44.2 Å². The van der Waals surface area contributed by atoms with Crippen molar-refractivity contribution in [2.75, 3.05) is 18.6 Å². The molecule has 0 bridgehead atoms. The summed E-state index contributed by atoms with van der Waals surface area (Å²) in [4.78, 5) is 25.0. The molecule has 3 heterocycles. The molecular formula is C27H28N4O4S2. The molecule has 1 fully saturated rings. The van der Waals surface area contributed by atoms with Gasteiger partial charge in [-0.3, -0.25) is 14.7 Å². The third-order valence-electron chi connectivity index (χ3n) is 6.69. The number of thiazole rings is 1. The number of fused-ring (bicyclic) bond motifs is 1. The summed E-state index contributed by atoms with van der Waals surface area (Å²) in [6.45, 7) is 4.56. The number of aryl methyl sites for hydroxylation is 2. The first-order valence-electron chi connectivity index (χ1n) is 12.0. The number of hydrogen-bond acceptors (Lipinski definition) is 7. The third-order valence-corrected chi connectivity index (χ3v) is 9.65. The molecule has 1 aliphatic heterocycles. The van der Waals surface area contributed by atoms with E-state index in [0.29, 0.717) is 29.4 Å². The molecule has 1 amide bonds. The fourth-order valence-corrected chi connectivity index (χ4v) is 7.22. The number of hydrogen-bond donors (Lipinski definition) is 0. The van der Waals surface area contributed by atoms with E-state index in [1.165, 1.54) is 34.9 Å². The second-order valence-electron chi connectivity index (χ2n) is 9.10.